The normalized spacial score (nSPS) is 38.1. The van der Waals surface area contributed by atoms with Crippen molar-refractivity contribution in [3.63, 3.8) is 0 Å². The van der Waals surface area contributed by atoms with Gasteiger partial charge in [0.1, 0.15) is 0 Å². The van der Waals surface area contributed by atoms with Crippen LogP contribution >= 0.6 is 0 Å². The van der Waals surface area contributed by atoms with Crippen LogP contribution in [-0.2, 0) is 0 Å². The smallest absolute Gasteiger partial charge is 0.0332 e. The van der Waals surface area contributed by atoms with Crippen LogP contribution in [0.1, 0.15) is 29.5 Å². The molecular weight excluding hydrogens is 134 g/mol. The van der Waals surface area contributed by atoms with Gasteiger partial charge in [0, 0.05) is 6.04 Å². The molecule has 1 aromatic carbocycles. The predicted octanol–water partition coefficient (Wildman–Crippen LogP) is 1.80. The highest BCUT2D eigenvalue weighted by Crippen LogP contribution is 2.60. The summed E-state index contributed by atoms with van der Waals surface area (Å²) < 4.78 is 0. The van der Waals surface area contributed by atoms with Crippen LogP contribution in [0, 0.1) is 5.92 Å². The molecule has 0 heterocycles. The van der Waals surface area contributed by atoms with E-state index in [-0.39, 0.29) is 0 Å². The van der Waals surface area contributed by atoms with Gasteiger partial charge in [-0.05, 0) is 29.4 Å². The molecule has 3 unspecified atom stereocenters. The quantitative estimate of drug-likeness (QED) is 0.592. The molecule has 0 saturated heterocycles. The van der Waals surface area contributed by atoms with Crippen LogP contribution in [0.25, 0.3) is 0 Å². The molecule has 1 aromatic rings. The Bertz CT molecular complexity index is 290. The molecule has 2 aliphatic carbocycles. The monoisotopic (exact) mass is 145 g/mol. The SMILES string of the molecule is NC1c2ccccc2C2CC12. The molecular formula is C10H11N. The van der Waals surface area contributed by atoms with E-state index in [1.54, 1.807) is 0 Å². The van der Waals surface area contributed by atoms with Gasteiger partial charge < -0.3 is 5.73 Å². The number of rotatable bonds is 0. The van der Waals surface area contributed by atoms with E-state index in [1.807, 2.05) is 0 Å². The lowest BCUT2D eigenvalue weighted by Gasteiger charge is -2.07. The van der Waals surface area contributed by atoms with Crippen LogP contribution in [0.4, 0.5) is 0 Å². The molecule has 1 fully saturated rings. The fraction of sp³-hybridized carbons (Fsp3) is 0.400. The highest BCUT2D eigenvalue weighted by atomic mass is 14.7. The van der Waals surface area contributed by atoms with Gasteiger partial charge in [0.2, 0.25) is 0 Å². The second-order valence-electron chi connectivity index (χ2n) is 3.66. The van der Waals surface area contributed by atoms with Crippen LogP contribution in [0.2, 0.25) is 0 Å². The zero-order chi connectivity index (χ0) is 7.42. The Hall–Kier alpha value is -0.820. The highest BCUT2D eigenvalue weighted by Gasteiger charge is 2.49. The van der Waals surface area contributed by atoms with Crippen molar-refractivity contribution >= 4 is 0 Å². The summed E-state index contributed by atoms with van der Waals surface area (Å²) >= 11 is 0. The second kappa shape index (κ2) is 1.67. The third-order valence-electron chi connectivity index (χ3n) is 3.06. The van der Waals surface area contributed by atoms with Crippen molar-refractivity contribution < 1.29 is 0 Å². The maximum Gasteiger partial charge on any atom is 0.0332 e. The van der Waals surface area contributed by atoms with Gasteiger partial charge >= 0.3 is 0 Å². The molecule has 11 heavy (non-hydrogen) atoms. The van der Waals surface area contributed by atoms with Gasteiger partial charge in [-0.15, -0.1) is 0 Å². The number of benzene rings is 1. The molecule has 2 aliphatic rings. The summed E-state index contributed by atoms with van der Waals surface area (Å²) in [5.41, 5.74) is 8.95. The zero-order valence-corrected chi connectivity index (χ0v) is 6.33. The summed E-state index contributed by atoms with van der Waals surface area (Å²) in [6, 6.07) is 8.95. The van der Waals surface area contributed by atoms with Gasteiger partial charge in [0.05, 0.1) is 0 Å². The summed E-state index contributed by atoms with van der Waals surface area (Å²) in [5.74, 6) is 1.61. The van der Waals surface area contributed by atoms with Crippen LogP contribution < -0.4 is 5.73 Å². The Kier molecular flexibility index (Phi) is 0.878. The van der Waals surface area contributed by atoms with E-state index in [0.717, 1.165) is 11.8 Å². The Labute approximate surface area is 66.2 Å². The van der Waals surface area contributed by atoms with Crippen LogP contribution in [0.5, 0.6) is 0 Å². The van der Waals surface area contributed by atoms with Crippen molar-refractivity contribution in [2.24, 2.45) is 11.7 Å². The number of hydrogen-bond acceptors (Lipinski definition) is 1. The van der Waals surface area contributed by atoms with E-state index in [0.29, 0.717) is 6.04 Å². The summed E-state index contributed by atoms with van der Waals surface area (Å²) in [5, 5.41) is 0. The van der Waals surface area contributed by atoms with E-state index >= 15 is 0 Å². The molecule has 3 rings (SSSR count). The standard InChI is InChI=1S/C10H11N/c11-10-7-4-2-1-3-6(7)8-5-9(8)10/h1-4,8-10H,5,11H2. The molecule has 0 aliphatic heterocycles. The molecule has 1 saturated carbocycles. The first-order valence-corrected chi connectivity index (χ1v) is 4.22. The van der Waals surface area contributed by atoms with Crippen LogP contribution in [0.15, 0.2) is 24.3 Å². The average Bonchev–Trinajstić information content (AvgIpc) is 2.78. The minimum Gasteiger partial charge on any atom is -0.324 e. The summed E-state index contributed by atoms with van der Waals surface area (Å²) in [7, 11) is 0. The zero-order valence-electron chi connectivity index (χ0n) is 6.33. The molecule has 0 amide bonds. The topological polar surface area (TPSA) is 26.0 Å². The second-order valence-corrected chi connectivity index (χ2v) is 3.66. The van der Waals surface area contributed by atoms with Crippen LogP contribution in [0.3, 0.4) is 0 Å². The maximum absolute atomic E-state index is 6.03. The van der Waals surface area contributed by atoms with Crippen molar-refractivity contribution in [1.82, 2.24) is 0 Å². The lowest BCUT2D eigenvalue weighted by molar-refractivity contribution is 0.654. The van der Waals surface area contributed by atoms with Crippen molar-refractivity contribution in [1.29, 1.82) is 0 Å². The van der Waals surface area contributed by atoms with Crippen molar-refractivity contribution in [2.45, 2.75) is 18.4 Å². The molecule has 56 valence electrons. The molecule has 0 aromatic heterocycles. The van der Waals surface area contributed by atoms with Gasteiger partial charge in [-0.2, -0.15) is 0 Å². The molecule has 1 nitrogen and oxygen atoms in total. The molecule has 0 radical (unpaired) electrons. The first-order chi connectivity index (χ1) is 5.38. The van der Waals surface area contributed by atoms with Crippen LogP contribution in [-0.4, -0.2) is 0 Å². The first kappa shape index (κ1) is 5.78. The third-order valence-corrected chi connectivity index (χ3v) is 3.06. The van der Waals surface area contributed by atoms with Gasteiger partial charge in [-0.1, -0.05) is 24.3 Å². The Morgan fingerprint density at radius 2 is 1.91 bits per heavy atom. The van der Waals surface area contributed by atoms with Gasteiger partial charge in [0.25, 0.3) is 0 Å². The third kappa shape index (κ3) is 0.596. The summed E-state index contributed by atoms with van der Waals surface area (Å²) in [4.78, 5) is 0. The summed E-state index contributed by atoms with van der Waals surface area (Å²) in [6.07, 6.45) is 1.33. The fourth-order valence-corrected chi connectivity index (χ4v) is 2.35. The minimum atomic E-state index is 0.344. The Morgan fingerprint density at radius 3 is 2.64 bits per heavy atom. The molecule has 1 heteroatoms. The lowest BCUT2D eigenvalue weighted by atomic mass is 10.0. The van der Waals surface area contributed by atoms with Crippen molar-refractivity contribution in [3.8, 4) is 0 Å². The number of fused-ring (bicyclic) bond motifs is 3. The number of hydrogen-bond donors (Lipinski definition) is 1. The van der Waals surface area contributed by atoms with E-state index < -0.39 is 0 Å². The molecule has 0 bridgehead atoms. The van der Waals surface area contributed by atoms with Crippen molar-refractivity contribution in [3.05, 3.63) is 35.4 Å². The molecule has 0 spiro atoms. The van der Waals surface area contributed by atoms with Gasteiger partial charge in [-0.25, -0.2) is 0 Å². The first-order valence-electron chi connectivity index (χ1n) is 4.22. The predicted molar refractivity (Wildman–Crippen MR) is 44.2 cm³/mol. The Balaban J connectivity index is 2.22. The maximum atomic E-state index is 6.03. The molecule has 3 atom stereocenters. The minimum absolute atomic E-state index is 0.344. The van der Waals surface area contributed by atoms with E-state index in [1.165, 1.54) is 17.5 Å². The fourth-order valence-electron chi connectivity index (χ4n) is 2.35. The average molecular weight is 145 g/mol. The molecule has 2 N–H and O–H groups in total. The van der Waals surface area contributed by atoms with E-state index in [9.17, 15) is 0 Å². The van der Waals surface area contributed by atoms with E-state index in [4.69, 9.17) is 5.73 Å². The largest absolute Gasteiger partial charge is 0.324 e. The van der Waals surface area contributed by atoms with Gasteiger partial charge in [0.15, 0.2) is 0 Å². The van der Waals surface area contributed by atoms with Crippen molar-refractivity contribution in [2.75, 3.05) is 0 Å². The Morgan fingerprint density at radius 1 is 1.18 bits per heavy atom. The highest BCUT2D eigenvalue weighted by molar-refractivity contribution is 5.44. The summed E-state index contributed by atoms with van der Waals surface area (Å²) in [6.45, 7) is 0. The van der Waals surface area contributed by atoms with Gasteiger partial charge in [-0.3, -0.25) is 0 Å². The number of nitrogens with two attached hydrogens (primary N) is 1. The van der Waals surface area contributed by atoms with E-state index in [2.05, 4.69) is 24.3 Å². The lowest BCUT2D eigenvalue weighted by Crippen LogP contribution is -2.09.